The number of nitro groups is 1. The van der Waals surface area contributed by atoms with Crippen molar-refractivity contribution in [2.45, 2.75) is 0 Å². The SMILES string of the molecule is O=C(O)C(=NNc1ccccc1[N+](=O)[O-])c1ccccc1. The molecule has 2 aromatic carbocycles. The normalized spacial score (nSPS) is 11.0. The van der Waals surface area contributed by atoms with E-state index in [1.54, 1.807) is 36.4 Å². The number of carboxylic acid groups (broad SMARTS) is 1. The van der Waals surface area contributed by atoms with Gasteiger partial charge in [-0.05, 0) is 6.07 Å². The molecular formula is C14H11N3O4. The molecule has 106 valence electrons. The monoisotopic (exact) mass is 285 g/mol. The second kappa shape index (κ2) is 6.29. The minimum absolute atomic E-state index is 0.122. The van der Waals surface area contributed by atoms with Gasteiger partial charge < -0.3 is 5.11 Å². The van der Waals surface area contributed by atoms with E-state index >= 15 is 0 Å². The first-order valence-electron chi connectivity index (χ1n) is 5.95. The van der Waals surface area contributed by atoms with Crippen molar-refractivity contribution in [3.05, 3.63) is 70.3 Å². The number of benzene rings is 2. The number of nitrogens with one attached hydrogen (secondary N) is 1. The van der Waals surface area contributed by atoms with Gasteiger partial charge in [0, 0.05) is 11.6 Å². The van der Waals surface area contributed by atoms with E-state index in [0.717, 1.165) is 0 Å². The predicted octanol–water partition coefficient (Wildman–Crippen LogP) is 2.50. The van der Waals surface area contributed by atoms with Crippen molar-refractivity contribution in [2.24, 2.45) is 5.10 Å². The number of carboxylic acids is 1. The summed E-state index contributed by atoms with van der Waals surface area (Å²) in [5.74, 6) is -1.23. The van der Waals surface area contributed by atoms with Gasteiger partial charge in [0.15, 0.2) is 5.71 Å². The Kier molecular flexibility index (Phi) is 4.25. The number of nitrogens with zero attached hydrogens (tertiary/aromatic N) is 2. The summed E-state index contributed by atoms with van der Waals surface area (Å²) in [6.45, 7) is 0. The van der Waals surface area contributed by atoms with Crippen LogP contribution >= 0.6 is 0 Å². The van der Waals surface area contributed by atoms with Gasteiger partial charge in [-0.3, -0.25) is 15.5 Å². The smallest absolute Gasteiger partial charge is 0.356 e. The minimum Gasteiger partial charge on any atom is -0.476 e. The molecule has 0 aromatic heterocycles. The Labute approximate surface area is 119 Å². The van der Waals surface area contributed by atoms with Gasteiger partial charge in [0.25, 0.3) is 5.69 Å². The number of anilines is 1. The molecule has 0 bridgehead atoms. The summed E-state index contributed by atoms with van der Waals surface area (Å²) in [6.07, 6.45) is 0. The van der Waals surface area contributed by atoms with Gasteiger partial charge in [0.1, 0.15) is 5.69 Å². The molecule has 0 atom stereocenters. The lowest BCUT2D eigenvalue weighted by atomic mass is 10.1. The van der Waals surface area contributed by atoms with Crippen molar-refractivity contribution >= 4 is 23.1 Å². The summed E-state index contributed by atoms with van der Waals surface area (Å²) in [5.41, 5.74) is 2.55. The average Bonchev–Trinajstić information content (AvgIpc) is 2.48. The standard InChI is InChI=1S/C14H11N3O4/c18-14(19)13(10-6-2-1-3-7-10)16-15-11-8-4-5-9-12(11)17(20)21/h1-9,15H,(H,18,19). The van der Waals surface area contributed by atoms with Crippen molar-refractivity contribution in [2.75, 3.05) is 5.43 Å². The second-order valence-corrected chi connectivity index (χ2v) is 4.02. The highest BCUT2D eigenvalue weighted by molar-refractivity contribution is 6.42. The van der Waals surface area contributed by atoms with Crippen LogP contribution in [0, 0.1) is 10.1 Å². The van der Waals surface area contributed by atoms with E-state index in [2.05, 4.69) is 10.5 Å². The Bertz CT molecular complexity index is 698. The molecule has 0 saturated heterocycles. The first kappa shape index (κ1) is 14.2. The van der Waals surface area contributed by atoms with Crippen molar-refractivity contribution in [3.8, 4) is 0 Å². The largest absolute Gasteiger partial charge is 0.476 e. The highest BCUT2D eigenvalue weighted by Gasteiger charge is 2.15. The fraction of sp³-hybridized carbons (Fsp3) is 0. The van der Waals surface area contributed by atoms with E-state index in [4.69, 9.17) is 0 Å². The third-order valence-electron chi connectivity index (χ3n) is 2.64. The van der Waals surface area contributed by atoms with Crippen molar-refractivity contribution in [1.82, 2.24) is 0 Å². The van der Waals surface area contributed by atoms with E-state index in [1.807, 2.05) is 0 Å². The van der Waals surface area contributed by atoms with Crippen LogP contribution in [-0.2, 0) is 4.79 Å². The number of rotatable bonds is 5. The van der Waals surface area contributed by atoms with Crippen LogP contribution in [0.25, 0.3) is 0 Å². The highest BCUT2D eigenvalue weighted by atomic mass is 16.6. The van der Waals surface area contributed by atoms with Gasteiger partial charge in [-0.2, -0.15) is 5.10 Å². The fourth-order valence-corrected chi connectivity index (χ4v) is 1.68. The highest BCUT2D eigenvalue weighted by Crippen LogP contribution is 2.23. The molecule has 0 fully saturated rings. The molecule has 0 heterocycles. The second-order valence-electron chi connectivity index (χ2n) is 4.02. The van der Waals surface area contributed by atoms with Crippen LogP contribution in [0.3, 0.4) is 0 Å². The molecule has 2 N–H and O–H groups in total. The molecule has 7 heteroatoms. The number of para-hydroxylation sites is 2. The van der Waals surface area contributed by atoms with Crippen LogP contribution < -0.4 is 5.43 Å². The molecule has 0 saturated carbocycles. The number of nitro benzene ring substituents is 1. The zero-order chi connectivity index (χ0) is 15.2. The van der Waals surface area contributed by atoms with Crippen molar-refractivity contribution < 1.29 is 14.8 Å². The number of aliphatic carboxylic acids is 1. The van der Waals surface area contributed by atoms with E-state index in [0.29, 0.717) is 5.56 Å². The third-order valence-corrected chi connectivity index (χ3v) is 2.64. The van der Waals surface area contributed by atoms with E-state index in [1.165, 1.54) is 18.2 Å². The molecule has 0 aliphatic heterocycles. The zero-order valence-corrected chi connectivity index (χ0v) is 10.8. The van der Waals surface area contributed by atoms with Crippen molar-refractivity contribution in [3.63, 3.8) is 0 Å². The number of hydrogen-bond acceptors (Lipinski definition) is 5. The Hall–Kier alpha value is -3.22. The summed E-state index contributed by atoms with van der Waals surface area (Å²) in [5, 5.41) is 23.8. The number of hydrazone groups is 1. The number of hydrogen-bond donors (Lipinski definition) is 2. The molecule has 21 heavy (non-hydrogen) atoms. The molecule has 0 aliphatic carbocycles. The van der Waals surface area contributed by atoms with Gasteiger partial charge in [0.2, 0.25) is 0 Å². The fourth-order valence-electron chi connectivity index (χ4n) is 1.68. The Morgan fingerprint density at radius 3 is 2.33 bits per heavy atom. The summed E-state index contributed by atoms with van der Waals surface area (Å²) in [7, 11) is 0. The molecule has 7 nitrogen and oxygen atoms in total. The molecular weight excluding hydrogens is 274 g/mol. The lowest BCUT2D eigenvalue weighted by Crippen LogP contribution is -2.16. The van der Waals surface area contributed by atoms with Gasteiger partial charge >= 0.3 is 5.97 Å². The predicted molar refractivity (Wildman–Crippen MR) is 77.3 cm³/mol. The Balaban J connectivity index is 2.34. The molecule has 0 unspecified atom stereocenters. The van der Waals surface area contributed by atoms with Gasteiger partial charge in [-0.15, -0.1) is 0 Å². The van der Waals surface area contributed by atoms with Gasteiger partial charge in [0.05, 0.1) is 4.92 Å². The average molecular weight is 285 g/mol. The van der Waals surface area contributed by atoms with Gasteiger partial charge in [-0.1, -0.05) is 42.5 Å². The summed E-state index contributed by atoms with van der Waals surface area (Å²) in [6, 6.07) is 14.2. The summed E-state index contributed by atoms with van der Waals surface area (Å²) in [4.78, 5) is 21.5. The molecule has 2 aromatic rings. The lowest BCUT2D eigenvalue weighted by Gasteiger charge is -2.04. The lowest BCUT2D eigenvalue weighted by molar-refractivity contribution is -0.384. The maximum Gasteiger partial charge on any atom is 0.356 e. The maximum atomic E-state index is 11.2. The van der Waals surface area contributed by atoms with Gasteiger partial charge in [-0.25, -0.2) is 4.79 Å². The van der Waals surface area contributed by atoms with Crippen LogP contribution in [-0.4, -0.2) is 21.7 Å². The topological polar surface area (TPSA) is 105 Å². The van der Waals surface area contributed by atoms with Crippen LogP contribution in [0.15, 0.2) is 59.7 Å². The third kappa shape index (κ3) is 3.41. The van der Waals surface area contributed by atoms with Crippen LogP contribution in [0.1, 0.15) is 5.56 Å². The molecule has 2 rings (SSSR count). The molecule has 0 spiro atoms. The molecule has 0 amide bonds. The quantitative estimate of drug-likeness (QED) is 0.499. The minimum atomic E-state index is -1.23. The summed E-state index contributed by atoms with van der Waals surface area (Å²) < 4.78 is 0. The Morgan fingerprint density at radius 1 is 1.10 bits per heavy atom. The van der Waals surface area contributed by atoms with E-state index < -0.39 is 10.9 Å². The first-order valence-corrected chi connectivity index (χ1v) is 5.95. The molecule has 0 aliphatic rings. The first-order chi connectivity index (χ1) is 10.1. The van der Waals surface area contributed by atoms with E-state index in [9.17, 15) is 20.0 Å². The summed E-state index contributed by atoms with van der Waals surface area (Å²) >= 11 is 0. The van der Waals surface area contributed by atoms with Crippen LogP contribution in [0.2, 0.25) is 0 Å². The van der Waals surface area contributed by atoms with E-state index in [-0.39, 0.29) is 17.1 Å². The zero-order valence-electron chi connectivity index (χ0n) is 10.8. The van der Waals surface area contributed by atoms with Crippen molar-refractivity contribution in [1.29, 1.82) is 0 Å². The number of carbonyl (C=O) groups is 1. The van der Waals surface area contributed by atoms with Crippen LogP contribution in [0.5, 0.6) is 0 Å². The van der Waals surface area contributed by atoms with Crippen LogP contribution in [0.4, 0.5) is 11.4 Å². The Morgan fingerprint density at radius 2 is 1.71 bits per heavy atom. The molecule has 0 radical (unpaired) electrons. The maximum absolute atomic E-state index is 11.2.